The third-order valence-electron chi connectivity index (χ3n) is 8.91. The van der Waals surface area contributed by atoms with Crippen molar-refractivity contribution in [1.82, 2.24) is 9.88 Å². The largest absolute Gasteiger partial charge is 0.493 e. The highest BCUT2D eigenvalue weighted by Gasteiger charge is 2.30. The van der Waals surface area contributed by atoms with Gasteiger partial charge in [0.05, 0.1) is 38.7 Å². The van der Waals surface area contributed by atoms with Gasteiger partial charge in [-0.1, -0.05) is 32.4 Å². The van der Waals surface area contributed by atoms with Crippen LogP contribution in [0.4, 0.5) is 11.4 Å². The number of aromatic nitrogens is 1. The Morgan fingerprint density at radius 3 is 2.43 bits per heavy atom. The highest BCUT2D eigenvalue weighted by Crippen LogP contribution is 2.50. The number of nitrogens with one attached hydrogen (secondary N) is 3. The van der Waals surface area contributed by atoms with Crippen LogP contribution in [0.2, 0.25) is 0 Å². The minimum absolute atomic E-state index is 0.0950. The zero-order valence-corrected chi connectivity index (χ0v) is 27.4. The Balaban J connectivity index is 1.61. The van der Waals surface area contributed by atoms with Gasteiger partial charge in [0.2, 0.25) is 23.0 Å². The van der Waals surface area contributed by atoms with E-state index in [1.165, 1.54) is 6.92 Å². The number of benzene rings is 2. The molecule has 0 bridgehead atoms. The average molecular weight is 627 g/mol. The van der Waals surface area contributed by atoms with Gasteiger partial charge in [-0.2, -0.15) is 0 Å². The van der Waals surface area contributed by atoms with Crippen molar-refractivity contribution in [2.45, 2.75) is 52.1 Å². The van der Waals surface area contributed by atoms with Crippen molar-refractivity contribution in [1.29, 1.82) is 0 Å². The van der Waals surface area contributed by atoms with Gasteiger partial charge >= 0.3 is 0 Å². The molecule has 1 aliphatic rings. The molecule has 0 fully saturated rings. The molecule has 46 heavy (non-hydrogen) atoms. The molecule has 0 spiro atoms. The van der Waals surface area contributed by atoms with Gasteiger partial charge in [0.25, 0.3) is 0 Å². The van der Waals surface area contributed by atoms with E-state index in [4.69, 9.17) is 14.2 Å². The van der Waals surface area contributed by atoms with Crippen LogP contribution in [0.5, 0.6) is 17.2 Å². The number of carbonyl (C=O) groups excluding carboxylic acids is 2. The zero-order chi connectivity index (χ0) is 33.1. The second-order valence-corrected chi connectivity index (χ2v) is 11.8. The molecule has 5 rings (SSSR count). The van der Waals surface area contributed by atoms with E-state index >= 15 is 0 Å². The van der Waals surface area contributed by atoms with Crippen molar-refractivity contribution in [2.24, 2.45) is 13.0 Å². The summed E-state index contributed by atoms with van der Waals surface area (Å²) in [6.07, 6.45) is 3.81. The number of ether oxygens (including phenoxy) is 3. The molecule has 0 radical (unpaired) electrons. The van der Waals surface area contributed by atoms with Gasteiger partial charge in [-0.3, -0.25) is 14.4 Å². The van der Waals surface area contributed by atoms with E-state index in [-0.39, 0.29) is 28.8 Å². The summed E-state index contributed by atoms with van der Waals surface area (Å²) in [7, 11) is 6.64. The minimum Gasteiger partial charge on any atom is -0.493 e. The van der Waals surface area contributed by atoms with Crippen LogP contribution in [-0.4, -0.2) is 43.8 Å². The third kappa shape index (κ3) is 6.11. The lowest BCUT2D eigenvalue weighted by atomic mass is 9.95. The molecule has 1 aliphatic carbocycles. The summed E-state index contributed by atoms with van der Waals surface area (Å²) < 4.78 is 19.2. The summed E-state index contributed by atoms with van der Waals surface area (Å²) in [6.45, 7) is 5.46. The lowest BCUT2D eigenvalue weighted by Gasteiger charge is -2.24. The van der Waals surface area contributed by atoms with Crippen LogP contribution in [0.1, 0.15) is 50.8 Å². The summed E-state index contributed by atoms with van der Waals surface area (Å²) >= 11 is 0. The SMILES string of the molecule is CC[C@H](C)[C@H](Nc1ccc2c(cc1=O)[C@H](NC(C)=O)CCc1cc(OC)c(OC)c(OC)c1-2)C(=O)Nc1cccc2c1ccn2C. The summed E-state index contributed by atoms with van der Waals surface area (Å²) in [5.74, 6) is 0.894. The summed E-state index contributed by atoms with van der Waals surface area (Å²) in [4.78, 5) is 40.1. The van der Waals surface area contributed by atoms with Crippen LogP contribution >= 0.6 is 0 Å². The number of hydrogen-bond acceptors (Lipinski definition) is 7. The second-order valence-electron chi connectivity index (χ2n) is 11.8. The molecule has 0 saturated heterocycles. The molecule has 2 amide bonds. The van der Waals surface area contributed by atoms with Gasteiger partial charge in [0.15, 0.2) is 11.5 Å². The molecule has 0 unspecified atom stereocenters. The number of hydrogen-bond donors (Lipinski definition) is 3. The van der Waals surface area contributed by atoms with Crippen molar-refractivity contribution in [3.05, 3.63) is 76.1 Å². The first-order chi connectivity index (χ1) is 22.1. The van der Waals surface area contributed by atoms with E-state index in [9.17, 15) is 14.4 Å². The van der Waals surface area contributed by atoms with E-state index in [0.717, 1.165) is 27.6 Å². The van der Waals surface area contributed by atoms with Crippen LogP contribution in [0.25, 0.3) is 22.0 Å². The van der Waals surface area contributed by atoms with Gasteiger partial charge in [-0.25, -0.2) is 0 Å². The topological polar surface area (TPSA) is 120 Å². The fourth-order valence-corrected chi connectivity index (χ4v) is 6.32. The zero-order valence-electron chi connectivity index (χ0n) is 27.4. The number of aryl methyl sites for hydroxylation is 2. The van der Waals surface area contributed by atoms with Crippen LogP contribution < -0.4 is 35.6 Å². The first-order valence-electron chi connectivity index (χ1n) is 15.5. The Bertz CT molecular complexity index is 1850. The van der Waals surface area contributed by atoms with Gasteiger partial charge in [-0.05, 0) is 71.8 Å². The second kappa shape index (κ2) is 13.6. The van der Waals surface area contributed by atoms with Gasteiger partial charge in [0, 0.05) is 36.6 Å². The van der Waals surface area contributed by atoms with Crippen molar-refractivity contribution >= 4 is 34.1 Å². The Morgan fingerprint density at radius 2 is 1.76 bits per heavy atom. The smallest absolute Gasteiger partial charge is 0.247 e. The lowest BCUT2D eigenvalue weighted by molar-refractivity contribution is -0.120. The molecule has 1 heterocycles. The number of carbonyl (C=O) groups is 2. The Hall–Kier alpha value is -4.99. The van der Waals surface area contributed by atoms with E-state index in [1.807, 2.05) is 68.1 Å². The first kappa shape index (κ1) is 32.4. The van der Waals surface area contributed by atoms with E-state index in [2.05, 4.69) is 16.0 Å². The number of rotatable bonds is 10. The summed E-state index contributed by atoms with van der Waals surface area (Å²) in [5.41, 5.74) is 4.74. The monoisotopic (exact) mass is 626 g/mol. The van der Waals surface area contributed by atoms with Crippen LogP contribution in [0.3, 0.4) is 0 Å². The molecular weight excluding hydrogens is 584 g/mol. The molecule has 4 aromatic rings. The minimum atomic E-state index is -0.698. The number of fused-ring (bicyclic) bond motifs is 4. The van der Waals surface area contributed by atoms with Crippen molar-refractivity contribution in [3.63, 3.8) is 0 Å². The number of methoxy groups -OCH3 is 3. The maximum absolute atomic E-state index is 13.9. The Morgan fingerprint density at radius 1 is 1.00 bits per heavy atom. The van der Waals surface area contributed by atoms with Crippen LogP contribution in [0.15, 0.2) is 59.5 Å². The normalized spacial score (nSPS) is 15.1. The Labute approximate surface area is 269 Å². The molecular formula is C36H42N4O6. The van der Waals surface area contributed by atoms with E-state index in [0.29, 0.717) is 47.8 Å². The number of nitrogens with zero attached hydrogens (tertiary/aromatic N) is 1. The highest BCUT2D eigenvalue weighted by atomic mass is 16.5. The quantitative estimate of drug-likeness (QED) is 0.203. The Kier molecular flexibility index (Phi) is 9.55. The maximum atomic E-state index is 13.9. The van der Waals surface area contributed by atoms with Crippen molar-refractivity contribution in [3.8, 4) is 28.4 Å². The predicted molar refractivity (Wildman–Crippen MR) is 181 cm³/mol. The molecule has 242 valence electrons. The standard InChI is InChI=1S/C36H42N4O6/c1-8-20(2)33(36(43)39-26-10-9-11-29-24(26)16-17-40(29)4)38-28-15-13-23-25(19-30(28)42)27(37-21(3)41)14-12-22-18-31(44-5)34(45-6)35(46-7)32(22)23/h9-11,13,15-20,27,33H,8,12,14H2,1-7H3,(H,37,41)(H,38,42)(H,39,43)/t20-,27+,33-/m0/s1. The van der Waals surface area contributed by atoms with Crippen molar-refractivity contribution < 1.29 is 23.8 Å². The summed E-state index contributed by atoms with van der Waals surface area (Å²) in [5, 5.41) is 10.3. The van der Waals surface area contributed by atoms with Crippen molar-refractivity contribution in [2.75, 3.05) is 32.0 Å². The van der Waals surface area contributed by atoms with Crippen LogP contribution in [-0.2, 0) is 23.1 Å². The number of anilines is 2. The molecule has 3 N–H and O–H groups in total. The fraction of sp³-hybridized carbons (Fsp3) is 0.361. The molecule has 0 saturated carbocycles. The van der Waals surface area contributed by atoms with Gasteiger partial charge in [-0.15, -0.1) is 0 Å². The molecule has 3 aromatic carbocycles. The van der Waals surface area contributed by atoms with E-state index < -0.39 is 12.1 Å². The van der Waals surface area contributed by atoms with Gasteiger partial charge < -0.3 is 34.7 Å². The molecule has 10 heteroatoms. The lowest BCUT2D eigenvalue weighted by Crippen LogP contribution is -2.40. The van der Waals surface area contributed by atoms with Crippen LogP contribution in [0, 0.1) is 5.92 Å². The highest BCUT2D eigenvalue weighted by molar-refractivity contribution is 6.04. The molecule has 0 aliphatic heterocycles. The molecule has 3 atom stereocenters. The first-order valence-corrected chi connectivity index (χ1v) is 15.5. The maximum Gasteiger partial charge on any atom is 0.247 e. The molecule has 1 aromatic heterocycles. The third-order valence-corrected chi connectivity index (χ3v) is 8.91. The molecule has 10 nitrogen and oxygen atoms in total. The summed E-state index contributed by atoms with van der Waals surface area (Å²) in [6, 6.07) is 13.6. The van der Waals surface area contributed by atoms with Gasteiger partial charge in [0.1, 0.15) is 6.04 Å². The number of amides is 2. The fourth-order valence-electron chi connectivity index (χ4n) is 6.32. The predicted octanol–water partition coefficient (Wildman–Crippen LogP) is 5.82. The average Bonchev–Trinajstić information content (AvgIpc) is 3.27. The van der Waals surface area contributed by atoms with E-state index in [1.54, 1.807) is 33.5 Å².